The highest BCUT2D eigenvalue weighted by atomic mass is 16.6. The summed E-state index contributed by atoms with van der Waals surface area (Å²) in [7, 11) is 0. The summed E-state index contributed by atoms with van der Waals surface area (Å²) in [5.41, 5.74) is 3.16. The minimum atomic E-state index is -0.505. The maximum absolute atomic E-state index is 12.9. The van der Waals surface area contributed by atoms with E-state index in [2.05, 4.69) is 22.2 Å². The van der Waals surface area contributed by atoms with Crippen molar-refractivity contribution in [2.75, 3.05) is 0 Å². The van der Waals surface area contributed by atoms with E-state index in [0.29, 0.717) is 30.9 Å². The maximum Gasteiger partial charge on any atom is 0.270 e. The number of fused-ring (bicyclic) bond motifs is 2. The van der Waals surface area contributed by atoms with Crippen molar-refractivity contribution < 1.29 is 4.92 Å². The van der Waals surface area contributed by atoms with Crippen molar-refractivity contribution in [1.82, 2.24) is 19.3 Å². The molecule has 8 heteroatoms. The van der Waals surface area contributed by atoms with Crippen LogP contribution < -0.4 is 5.56 Å². The lowest BCUT2D eigenvalue weighted by Gasteiger charge is -2.05. The van der Waals surface area contributed by atoms with Gasteiger partial charge in [-0.3, -0.25) is 24.2 Å². The molecule has 0 atom stereocenters. The van der Waals surface area contributed by atoms with Crippen molar-refractivity contribution >= 4 is 28.2 Å². The number of nitro groups is 1. The van der Waals surface area contributed by atoms with Gasteiger partial charge in [0.05, 0.1) is 28.6 Å². The lowest BCUT2D eigenvalue weighted by molar-refractivity contribution is -0.384. The van der Waals surface area contributed by atoms with Gasteiger partial charge in [-0.1, -0.05) is 30.3 Å². The molecule has 0 spiro atoms. The van der Waals surface area contributed by atoms with Crippen LogP contribution >= 0.6 is 0 Å². The predicted molar refractivity (Wildman–Crippen MR) is 113 cm³/mol. The highest BCUT2D eigenvalue weighted by Crippen LogP contribution is 2.28. The van der Waals surface area contributed by atoms with Crippen LogP contribution in [0.25, 0.3) is 22.6 Å². The topological polar surface area (TPSA) is 95.8 Å². The Bertz CT molecular complexity index is 1370. The summed E-state index contributed by atoms with van der Waals surface area (Å²) in [4.78, 5) is 28.0. The van der Waals surface area contributed by atoms with Crippen molar-refractivity contribution in [3.8, 4) is 0 Å². The molecule has 0 N–H and O–H groups in total. The highest BCUT2D eigenvalue weighted by Gasteiger charge is 2.22. The molecule has 3 heterocycles. The molecule has 0 amide bonds. The number of benzene rings is 2. The fraction of sp³-hybridized carbons (Fsp3) is 0.136. The van der Waals surface area contributed by atoms with Crippen LogP contribution in [0.2, 0.25) is 0 Å². The SMILES string of the molecule is O=c1c2cc([N+](=O)[O-])ccc2nc2n1CCC2=Cc1cnn(Cc2ccccc2)c1. The van der Waals surface area contributed by atoms with Gasteiger partial charge in [-0.25, -0.2) is 4.98 Å². The van der Waals surface area contributed by atoms with E-state index in [9.17, 15) is 14.9 Å². The first-order valence-electron chi connectivity index (χ1n) is 9.55. The number of nitro benzene ring substituents is 1. The summed E-state index contributed by atoms with van der Waals surface area (Å²) in [6, 6.07) is 14.3. The standard InChI is InChI=1S/C22H17N5O3/c28-22-19-11-18(27(29)30)6-7-20(19)24-21-17(8-9-26(21)22)10-16-12-23-25(14-16)13-15-4-2-1-3-5-15/h1-7,10-12,14H,8-9,13H2. The van der Waals surface area contributed by atoms with Crippen molar-refractivity contribution in [3.63, 3.8) is 0 Å². The van der Waals surface area contributed by atoms with Gasteiger partial charge in [0.15, 0.2) is 0 Å². The number of aromatic nitrogens is 4. The zero-order chi connectivity index (χ0) is 20.7. The Morgan fingerprint density at radius 1 is 1.17 bits per heavy atom. The van der Waals surface area contributed by atoms with Crippen LogP contribution in [-0.2, 0) is 13.1 Å². The molecule has 2 aromatic heterocycles. The molecule has 0 saturated heterocycles. The molecule has 30 heavy (non-hydrogen) atoms. The molecule has 8 nitrogen and oxygen atoms in total. The van der Waals surface area contributed by atoms with E-state index in [1.807, 2.05) is 35.2 Å². The smallest absolute Gasteiger partial charge is 0.270 e. The summed E-state index contributed by atoms with van der Waals surface area (Å²) >= 11 is 0. The van der Waals surface area contributed by atoms with Crippen LogP contribution in [0.1, 0.15) is 23.4 Å². The molecule has 2 aromatic carbocycles. The van der Waals surface area contributed by atoms with Gasteiger partial charge in [0, 0.05) is 30.4 Å². The Morgan fingerprint density at radius 2 is 2.00 bits per heavy atom. The minimum absolute atomic E-state index is 0.110. The first-order valence-corrected chi connectivity index (χ1v) is 9.55. The second-order valence-electron chi connectivity index (χ2n) is 7.23. The molecule has 0 saturated carbocycles. The predicted octanol–water partition coefficient (Wildman–Crippen LogP) is 3.49. The third kappa shape index (κ3) is 3.18. The van der Waals surface area contributed by atoms with Crippen LogP contribution in [0.3, 0.4) is 0 Å². The van der Waals surface area contributed by atoms with Gasteiger partial charge in [0.25, 0.3) is 11.2 Å². The molecule has 0 fully saturated rings. The van der Waals surface area contributed by atoms with Crippen LogP contribution in [0.4, 0.5) is 5.69 Å². The van der Waals surface area contributed by atoms with Crippen LogP contribution in [0.15, 0.2) is 65.7 Å². The molecule has 4 aromatic rings. The highest BCUT2D eigenvalue weighted by molar-refractivity contribution is 5.85. The molecule has 1 aliphatic heterocycles. The Labute approximate surface area is 170 Å². The number of hydrogen-bond acceptors (Lipinski definition) is 5. The van der Waals surface area contributed by atoms with Crippen molar-refractivity contribution in [2.24, 2.45) is 0 Å². The molecule has 0 bridgehead atoms. The van der Waals surface area contributed by atoms with Crippen molar-refractivity contribution in [1.29, 1.82) is 0 Å². The van der Waals surface area contributed by atoms with Crippen molar-refractivity contribution in [2.45, 2.75) is 19.5 Å². The van der Waals surface area contributed by atoms with E-state index in [1.165, 1.54) is 23.8 Å². The quantitative estimate of drug-likeness (QED) is 0.387. The first-order chi connectivity index (χ1) is 14.6. The zero-order valence-corrected chi connectivity index (χ0v) is 15.9. The molecule has 0 radical (unpaired) electrons. The Hall–Kier alpha value is -4.07. The second kappa shape index (κ2) is 7.07. The molecule has 148 valence electrons. The summed E-state index contributed by atoms with van der Waals surface area (Å²) in [5.74, 6) is 0.608. The Morgan fingerprint density at radius 3 is 2.80 bits per heavy atom. The van der Waals surface area contributed by atoms with Gasteiger partial charge >= 0.3 is 0 Å². The lowest BCUT2D eigenvalue weighted by atomic mass is 10.1. The Balaban J connectivity index is 1.49. The fourth-order valence-electron chi connectivity index (χ4n) is 3.77. The summed E-state index contributed by atoms with van der Waals surface area (Å²) < 4.78 is 3.46. The van der Waals surface area contributed by atoms with E-state index < -0.39 is 4.92 Å². The van der Waals surface area contributed by atoms with Crippen LogP contribution in [-0.4, -0.2) is 24.3 Å². The van der Waals surface area contributed by atoms with Crippen LogP contribution in [0, 0.1) is 10.1 Å². The Kier molecular flexibility index (Phi) is 4.24. The van der Waals surface area contributed by atoms with Gasteiger partial charge in [-0.05, 0) is 29.7 Å². The van der Waals surface area contributed by atoms with E-state index in [1.54, 1.807) is 10.8 Å². The molecule has 0 aliphatic carbocycles. The van der Waals surface area contributed by atoms with E-state index >= 15 is 0 Å². The maximum atomic E-state index is 12.9. The van der Waals surface area contributed by atoms with Gasteiger partial charge in [0.1, 0.15) is 5.82 Å². The second-order valence-corrected chi connectivity index (χ2v) is 7.23. The van der Waals surface area contributed by atoms with Gasteiger partial charge in [-0.15, -0.1) is 0 Å². The number of allylic oxidation sites excluding steroid dienone is 1. The molecular formula is C22H17N5O3. The monoisotopic (exact) mass is 399 g/mol. The third-order valence-corrected chi connectivity index (χ3v) is 5.22. The van der Waals surface area contributed by atoms with Crippen LogP contribution in [0.5, 0.6) is 0 Å². The van der Waals surface area contributed by atoms with E-state index in [4.69, 9.17) is 0 Å². The molecule has 0 unspecified atom stereocenters. The number of non-ortho nitro benzene ring substituents is 1. The van der Waals surface area contributed by atoms with Gasteiger partial charge in [0.2, 0.25) is 0 Å². The van der Waals surface area contributed by atoms with E-state index in [0.717, 1.165) is 11.1 Å². The summed E-state index contributed by atoms with van der Waals surface area (Å²) in [5, 5.41) is 15.7. The third-order valence-electron chi connectivity index (χ3n) is 5.22. The van der Waals surface area contributed by atoms with Gasteiger partial charge in [-0.2, -0.15) is 5.10 Å². The lowest BCUT2D eigenvalue weighted by Crippen LogP contribution is -2.20. The summed E-state index contributed by atoms with van der Waals surface area (Å²) in [6.45, 7) is 1.19. The largest absolute Gasteiger partial charge is 0.292 e. The molecule has 5 rings (SSSR count). The summed E-state index contributed by atoms with van der Waals surface area (Å²) in [6.07, 6.45) is 6.42. The zero-order valence-electron chi connectivity index (χ0n) is 15.9. The molecular weight excluding hydrogens is 382 g/mol. The van der Waals surface area contributed by atoms with Crippen molar-refractivity contribution in [3.05, 3.63) is 98.3 Å². The fourth-order valence-corrected chi connectivity index (χ4v) is 3.77. The van der Waals surface area contributed by atoms with E-state index in [-0.39, 0.29) is 16.6 Å². The average Bonchev–Trinajstić information content (AvgIpc) is 3.36. The number of nitrogens with zero attached hydrogens (tertiary/aromatic N) is 5. The molecule has 1 aliphatic rings. The first kappa shape index (κ1) is 18.0. The average molecular weight is 399 g/mol. The normalized spacial score (nSPS) is 14.3. The number of hydrogen-bond donors (Lipinski definition) is 0. The number of rotatable bonds is 4. The minimum Gasteiger partial charge on any atom is -0.292 e. The van der Waals surface area contributed by atoms with Gasteiger partial charge < -0.3 is 0 Å².